The smallest absolute Gasteiger partial charge is 0.220 e. The summed E-state index contributed by atoms with van der Waals surface area (Å²) >= 11 is 0. The standard InChI is InChI=1S/C63H113NO3/c1-3-5-7-9-11-13-15-17-19-21-22-23-24-25-26-27-28-29-30-31-32-33-34-35-36-37-38-39-40-41-42-43-45-47-49-51-53-55-57-59-63(67)64-61(60-65)62(66)58-56-54-52-50-48-46-44-20-18-16-14-12-10-8-6-4-2/h5,7,11,13,17-20,22-23,48,50,56,58,61-62,65-66H,3-4,6,8-10,12,14-16,21,24-47,49,51-55,57,59-60H2,1-2H3,(H,64,67)/b7-5-,13-11-,19-17-,20-18+,23-22-,50-48+,58-56+. The van der Waals surface area contributed by atoms with Gasteiger partial charge in [-0.05, 0) is 83.5 Å². The third-order valence-corrected chi connectivity index (χ3v) is 13.1. The molecule has 0 aromatic carbocycles. The maximum absolute atomic E-state index is 12.5. The molecule has 0 aliphatic heterocycles. The molecule has 2 unspecified atom stereocenters. The minimum absolute atomic E-state index is 0.0756. The summed E-state index contributed by atoms with van der Waals surface area (Å²) in [6, 6.07) is -0.646. The van der Waals surface area contributed by atoms with Crippen LogP contribution >= 0.6 is 0 Å². The molecule has 0 aliphatic rings. The van der Waals surface area contributed by atoms with E-state index in [4.69, 9.17) is 0 Å². The van der Waals surface area contributed by atoms with Crippen molar-refractivity contribution in [2.45, 2.75) is 302 Å². The number of unbranched alkanes of at least 4 members (excludes halogenated alkanes) is 34. The third-order valence-electron chi connectivity index (χ3n) is 13.1. The van der Waals surface area contributed by atoms with Crippen LogP contribution in [-0.2, 0) is 4.79 Å². The summed E-state index contributed by atoms with van der Waals surface area (Å²) < 4.78 is 0. The van der Waals surface area contributed by atoms with E-state index in [1.807, 2.05) is 6.08 Å². The predicted molar refractivity (Wildman–Crippen MR) is 299 cm³/mol. The van der Waals surface area contributed by atoms with Crippen molar-refractivity contribution in [1.29, 1.82) is 0 Å². The van der Waals surface area contributed by atoms with Gasteiger partial charge < -0.3 is 15.5 Å². The molecule has 0 saturated carbocycles. The highest BCUT2D eigenvalue weighted by atomic mass is 16.3. The molecule has 4 nitrogen and oxygen atoms in total. The Kier molecular flexibility index (Phi) is 55.8. The lowest BCUT2D eigenvalue weighted by Crippen LogP contribution is -2.45. The van der Waals surface area contributed by atoms with E-state index in [2.05, 4.69) is 92.1 Å². The number of amides is 1. The van der Waals surface area contributed by atoms with Crippen molar-refractivity contribution in [3.63, 3.8) is 0 Å². The fourth-order valence-electron chi connectivity index (χ4n) is 8.67. The Morgan fingerprint density at radius 3 is 1.04 bits per heavy atom. The van der Waals surface area contributed by atoms with Gasteiger partial charge in [-0.1, -0.05) is 285 Å². The van der Waals surface area contributed by atoms with Crippen molar-refractivity contribution in [3.05, 3.63) is 85.1 Å². The zero-order chi connectivity index (χ0) is 48.5. The first-order valence-electron chi connectivity index (χ1n) is 29.3. The highest BCUT2D eigenvalue weighted by Gasteiger charge is 2.18. The zero-order valence-electron chi connectivity index (χ0n) is 44.7. The van der Waals surface area contributed by atoms with Crippen LogP contribution in [-0.4, -0.2) is 34.9 Å². The Bertz CT molecular complexity index is 1190. The highest BCUT2D eigenvalue weighted by molar-refractivity contribution is 5.76. The lowest BCUT2D eigenvalue weighted by atomic mass is 10.0. The maximum atomic E-state index is 12.5. The zero-order valence-corrected chi connectivity index (χ0v) is 44.7. The SMILES string of the molecule is CC/C=C\C/C=C\C/C=C\C/C=C\CCCCCCCCCCCCCCCCCCCCCCCCCCCCC(=O)NC(CO)C(O)/C=C/CC/C=C/CC/C=C/CCCCCCCC. The number of allylic oxidation sites excluding steroid dienone is 13. The third kappa shape index (κ3) is 54.4. The fraction of sp³-hybridized carbons (Fsp3) is 0.762. The molecule has 0 heterocycles. The number of hydrogen-bond donors (Lipinski definition) is 3. The van der Waals surface area contributed by atoms with Gasteiger partial charge >= 0.3 is 0 Å². The summed E-state index contributed by atoms with van der Waals surface area (Å²) in [5.74, 6) is -0.0756. The van der Waals surface area contributed by atoms with Crippen molar-refractivity contribution in [2.75, 3.05) is 6.61 Å². The molecule has 0 aliphatic carbocycles. The van der Waals surface area contributed by atoms with Crippen LogP contribution in [0, 0.1) is 0 Å². The second kappa shape index (κ2) is 57.9. The number of hydrogen-bond acceptors (Lipinski definition) is 3. The minimum Gasteiger partial charge on any atom is -0.394 e. The van der Waals surface area contributed by atoms with E-state index < -0.39 is 12.1 Å². The molecular weight excluding hydrogens is 819 g/mol. The Labute approximate surface area is 418 Å². The summed E-state index contributed by atoms with van der Waals surface area (Å²) in [5, 5.41) is 23.1. The molecule has 67 heavy (non-hydrogen) atoms. The monoisotopic (exact) mass is 932 g/mol. The van der Waals surface area contributed by atoms with Crippen molar-refractivity contribution in [3.8, 4) is 0 Å². The van der Waals surface area contributed by atoms with Crippen LogP contribution in [0.25, 0.3) is 0 Å². The largest absolute Gasteiger partial charge is 0.394 e. The molecular formula is C63H113NO3. The van der Waals surface area contributed by atoms with Gasteiger partial charge in [0.2, 0.25) is 5.91 Å². The molecule has 0 fully saturated rings. The van der Waals surface area contributed by atoms with Gasteiger partial charge in [-0.25, -0.2) is 0 Å². The Morgan fingerprint density at radius 1 is 0.373 bits per heavy atom. The van der Waals surface area contributed by atoms with Gasteiger partial charge in [0.25, 0.3) is 0 Å². The quantitative estimate of drug-likeness (QED) is 0.0420. The van der Waals surface area contributed by atoms with Crippen LogP contribution in [0.1, 0.15) is 290 Å². The van der Waals surface area contributed by atoms with E-state index in [-0.39, 0.29) is 12.5 Å². The second-order valence-electron chi connectivity index (χ2n) is 19.7. The Balaban J connectivity index is 3.44. The molecule has 0 spiro atoms. The lowest BCUT2D eigenvalue weighted by molar-refractivity contribution is -0.123. The minimum atomic E-state index is -0.871. The van der Waals surface area contributed by atoms with Crippen LogP contribution < -0.4 is 5.32 Å². The van der Waals surface area contributed by atoms with Crippen LogP contribution in [0.15, 0.2) is 85.1 Å². The van der Waals surface area contributed by atoms with Gasteiger partial charge in [0.1, 0.15) is 0 Å². The number of carbonyl (C=O) groups excluding carboxylic acids is 1. The summed E-state index contributed by atoms with van der Waals surface area (Å²) in [7, 11) is 0. The normalized spacial score (nSPS) is 13.4. The van der Waals surface area contributed by atoms with E-state index >= 15 is 0 Å². The van der Waals surface area contributed by atoms with Gasteiger partial charge in [0.05, 0.1) is 18.8 Å². The fourth-order valence-corrected chi connectivity index (χ4v) is 8.67. The molecule has 1 amide bonds. The van der Waals surface area contributed by atoms with Crippen LogP contribution in [0.5, 0.6) is 0 Å². The van der Waals surface area contributed by atoms with Crippen LogP contribution in [0.3, 0.4) is 0 Å². The van der Waals surface area contributed by atoms with Crippen molar-refractivity contribution < 1.29 is 15.0 Å². The van der Waals surface area contributed by atoms with Crippen molar-refractivity contribution in [1.82, 2.24) is 5.32 Å². The number of carbonyl (C=O) groups is 1. The number of nitrogens with one attached hydrogen (secondary N) is 1. The molecule has 0 rings (SSSR count). The maximum Gasteiger partial charge on any atom is 0.220 e. The molecule has 4 heteroatoms. The number of aliphatic hydroxyl groups excluding tert-OH is 2. The number of rotatable bonds is 53. The molecule has 388 valence electrons. The predicted octanol–water partition coefficient (Wildman–Crippen LogP) is 19.5. The van der Waals surface area contributed by atoms with Crippen molar-refractivity contribution >= 4 is 5.91 Å². The molecule has 0 bridgehead atoms. The highest BCUT2D eigenvalue weighted by Crippen LogP contribution is 2.17. The van der Waals surface area contributed by atoms with Gasteiger partial charge in [-0.15, -0.1) is 0 Å². The van der Waals surface area contributed by atoms with E-state index in [1.54, 1.807) is 6.08 Å². The van der Waals surface area contributed by atoms with Gasteiger partial charge in [0, 0.05) is 6.42 Å². The summed E-state index contributed by atoms with van der Waals surface area (Å²) in [6.07, 6.45) is 84.8. The molecule has 0 saturated heterocycles. The van der Waals surface area contributed by atoms with E-state index in [0.717, 1.165) is 64.2 Å². The van der Waals surface area contributed by atoms with E-state index in [9.17, 15) is 15.0 Å². The van der Waals surface area contributed by atoms with Gasteiger partial charge in [-0.3, -0.25) is 4.79 Å². The van der Waals surface area contributed by atoms with E-state index in [1.165, 1.54) is 205 Å². The first kappa shape index (κ1) is 64.6. The second-order valence-corrected chi connectivity index (χ2v) is 19.7. The molecule has 2 atom stereocenters. The first-order chi connectivity index (χ1) is 33.2. The summed E-state index contributed by atoms with van der Waals surface area (Å²) in [6.45, 7) is 4.18. The van der Waals surface area contributed by atoms with Gasteiger partial charge in [0.15, 0.2) is 0 Å². The first-order valence-corrected chi connectivity index (χ1v) is 29.3. The topological polar surface area (TPSA) is 69.6 Å². The van der Waals surface area contributed by atoms with Crippen molar-refractivity contribution in [2.24, 2.45) is 0 Å². The van der Waals surface area contributed by atoms with E-state index in [0.29, 0.717) is 6.42 Å². The lowest BCUT2D eigenvalue weighted by Gasteiger charge is -2.19. The van der Waals surface area contributed by atoms with Crippen LogP contribution in [0.2, 0.25) is 0 Å². The average Bonchev–Trinajstić information content (AvgIpc) is 3.33. The molecule has 3 N–H and O–H groups in total. The summed E-state index contributed by atoms with van der Waals surface area (Å²) in [4.78, 5) is 12.5. The van der Waals surface area contributed by atoms with Gasteiger partial charge in [-0.2, -0.15) is 0 Å². The Morgan fingerprint density at radius 2 is 0.672 bits per heavy atom. The number of aliphatic hydroxyl groups is 2. The molecule has 0 aromatic rings. The molecule has 0 radical (unpaired) electrons. The Hall–Kier alpha value is -2.43. The van der Waals surface area contributed by atoms with Crippen LogP contribution in [0.4, 0.5) is 0 Å². The summed E-state index contributed by atoms with van der Waals surface area (Å²) in [5.41, 5.74) is 0. The average molecular weight is 933 g/mol. The molecule has 0 aromatic heterocycles.